The van der Waals surface area contributed by atoms with Crippen molar-refractivity contribution in [2.24, 2.45) is 5.41 Å². The molecule has 0 amide bonds. The largest absolute Gasteiger partial charge is 0.465 e. The summed E-state index contributed by atoms with van der Waals surface area (Å²) in [5.41, 5.74) is -0.277. The van der Waals surface area contributed by atoms with Crippen LogP contribution in [0.2, 0.25) is 0 Å². The van der Waals surface area contributed by atoms with E-state index in [1.54, 1.807) is 0 Å². The molecule has 1 unspecified atom stereocenters. The highest BCUT2D eigenvalue weighted by molar-refractivity contribution is 5.76. The number of rotatable bonds is 22. The molecule has 0 aromatic carbocycles. The maximum atomic E-state index is 12.6. The van der Waals surface area contributed by atoms with Gasteiger partial charge in [-0.2, -0.15) is 0 Å². The van der Waals surface area contributed by atoms with Gasteiger partial charge in [-0.15, -0.1) is 0 Å². The summed E-state index contributed by atoms with van der Waals surface area (Å²) in [5, 5.41) is 0. The van der Waals surface area contributed by atoms with Crippen LogP contribution in [0.25, 0.3) is 0 Å². The number of hydrogen-bond donors (Lipinski definition) is 0. The van der Waals surface area contributed by atoms with Gasteiger partial charge in [0, 0.05) is 0 Å². The molecular formula is C27H54O2. The molecular weight excluding hydrogens is 356 g/mol. The SMILES string of the molecule is CCCCCCCCCCCCCOC(=O)C(C)(CC)CCCCCCCCC. The van der Waals surface area contributed by atoms with Crippen LogP contribution in [0.3, 0.4) is 0 Å². The lowest BCUT2D eigenvalue weighted by Crippen LogP contribution is -2.29. The lowest BCUT2D eigenvalue weighted by molar-refractivity contribution is -0.155. The van der Waals surface area contributed by atoms with E-state index in [4.69, 9.17) is 4.74 Å². The molecule has 0 aromatic rings. The summed E-state index contributed by atoms with van der Waals surface area (Å²) in [6.45, 7) is 9.38. The first-order chi connectivity index (χ1) is 14.1. The fourth-order valence-electron chi connectivity index (χ4n) is 4.00. The van der Waals surface area contributed by atoms with E-state index in [1.807, 2.05) is 0 Å². The van der Waals surface area contributed by atoms with Crippen LogP contribution in [0.1, 0.15) is 156 Å². The molecule has 0 N–H and O–H groups in total. The van der Waals surface area contributed by atoms with Gasteiger partial charge < -0.3 is 4.74 Å². The molecule has 0 rings (SSSR count). The number of esters is 1. The van der Waals surface area contributed by atoms with Gasteiger partial charge in [0.1, 0.15) is 0 Å². The van der Waals surface area contributed by atoms with E-state index in [0.717, 1.165) is 25.7 Å². The first-order valence-corrected chi connectivity index (χ1v) is 13.3. The molecule has 29 heavy (non-hydrogen) atoms. The average molecular weight is 411 g/mol. The van der Waals surface area contributed by atoms with E-state index in [1.165, 1.54) is 103 Å². The summed E-state index contributed by atoms with van der Waals surface area (Å²) in [4.78, 5) is 12.6. The van der Waals surface area contributed by atoms with Crippen LogP contribution >= 0.6 is 0 Å². The van der Waals surface area contributed by atoms with Crippen molar-refractivity contribution >= 4 is 5.97 Å². The molecule has 0 bridgehead atoms. The highest BCUT2D eigenvalue weighted by atomic mass is 16.5. The molecule has 1 atom stereocenters. The molecule has 0 fully saturated rings. The van der Waals surface area contributed by atoms with Gasteiger partial charge in [0.25, 0.3) is 0 Å². The smallest absolute Gasteiger partial charge is 0.311 e. The summed E-state index contributed by atoms with van der Waals surface area (Å²) in [6.07, 6.45) is 25.6. The van der Waals surface area contributed by atoms with Gasteiger partial charge in [-0.3, -0.25) is 4.79 Å². The van der Waals surface area contributed by atoms with Crippen LogP contribution in [0.5, 0.6) is 0 Å². The van der Waals surface area contributed by atoms with Crippen molar-refractivity contribution in [3.05, 3.63) is 0 Å². The van der Waals surface area contributed by atoms with Crippen molar-refractivity contribution in [1.82, 2.24) is 0 Å². The summed E-state index contributed by atoms with van der Waals surface area (Å²) < 4.78 is 5.65. The molecule has 0 aliphatic rings. The van der Waals surface area contributed by atoms with Crippen molar-refractivity contribution in [2.75, 3.05) is 6.61 Å². The zero-order valence-corrected chi connectivity index (χ0v) is 20.7. The average Bonchev–Trinajstić information content (AvgIpc) is 2.73. The molecule has 174 valence electrons. The van der Waals surface area contributed by atoms with Gasteiger partial charge in [0.05, 0.1) is 12.0 Å². The van der Waals surface area contributed by atoms with Crippen LogP contribution in [-0.4, -0.2) is 12.6 Å². The van der Waals surface area contributed by atoms with Gasteiger partial charge >= 0.3 is 5.97 Å². The molecule has 2 nitrogen and oxygen atoms in total. The highest BCUT2D eigenvalue weighted by Crippen LogP contribution is 2.30. The fraction of sp³-hybridized carbons (Fsp3) is 0.963. The topological polar surface area (TPSA) is 26.3 Å². The van der Waals surface area contributed by atoms with Crippen molar-refractivity contribution in [3.8, 4) is 0 Å². The predicted octanol–water partition coefficient (Wildman–Crippen LogP) is 9.40. The zero-order chi connectivity index (χ0) is 21.6. The summed E-state index contributed by atoms with van der Waals surface area (Å²) in [7, 11) is 0. The van der Waals surface area contributed by atoms with Crippen molar-refractivity contribution in [3.63, 3.8) is 0 Å². The molecule has 0 radical (unpaired) electrons. The lowest BCUT2D eigenvalue weighted by atomic mass is 9.82. The Hall–Kier alpha value is -0.530. The van der Waals surface area contributed by atoms with E-state index in [2.05, 4.69) is 27.7 Å². The van der Waals surface area contributed by atoms with Gasteiger partial charge in [-0.25, -0.2) is 0 Å². The third kappa shape index (κ3) is 16.9. The monoisotopic (exact) mass is 410 g/mol. The van der Waals surface area contributed by atoms with Gasteiger partial charge in [0.15, 0.2) is 0 Å². The van der Waals surface area contributed by atoms with E-state index < -0.39 is 0 Å². The molecule has 0 saturated carbocycles. The Morgan fingerprint density at radius 1 is 0.586 bits per heavy atom. The number of carbonyl (C=O) groups excluding carboxylic acids is 1. The summed E-state index contributed by atoms with van der Waals surface area (Å²) >= 11 is 0. The summed E-state index contributed by atoms with van der Waals surface area (Å²) in [5.74, 6) is 0.0399. The van der Waals surface area contributed by atoms with Crippen LogP contribution in [0.4, 0.5) is 0 Å². The molecule has 0 saturated heterocycles. The predicted molar refractivity (Wildman–Crippen MR) is 128 cm³/mol. The lowest BCUT2D eigenvalue weighted by Gasteiger charge is -2.26. The molecule has 2 heteroatoms. The Morgan fingerprint density at radius 3 is 1.38 bits per heavy atom. The number of unbranched alkanes of at least 4 members (excludes halogenated alkanes) is 16. The Morgan fingerprint density at radius 2 is 0.966 bits per heavy atom. The second kappa shape index (κ2) is 20.7. The van der Waals surface area contributed by atoms with E-state index >= 15 is 0 Å². The van der Waals surface area contributed by atoms with E-state index in [9.17, 15) is 4.79 Å². The van der Waals surface area contributed by atoms with Gasteiger partial charge in [-0.05, 0) is 26.2 Å². The Bertz CT molecular complexity index is 352. The minimum atomic E-state index is -0.277. The third-order valence-corrected chi connectivity index (χ3v) is 6.59. The fourth-order valence-corrected chi connectivity index (χ4v) is 4.00. The van der Waals surface area contributed by atoms with Crippen LogP contribution in [0.15, 0.2) is 0 Å². The van der Waals surface area contributed by atoms with E-state index in [-0.39, 0.29) is 11.4 Å². The Labute approximate surface area is 184 Å². The molecule has 0 aliphatic carbocycles. The van der Waals surface area contributed by atoms with Crippen LogP contribution in [-0.2, 0) is 9.53 Å². The van der Waals surface area contributed by atoms with Gasteiger partial charge in [-0.1, -0.05) is 130 Å². The first kappa shape index (κ1) is 28.5. The number of carbonyl (C=O) groups is 1. The minimum absolute atomic E-state index is 0.0399. The quantitative estimate of drug-likeness (QED) is 0.131. The van der Waals surface area contributed by atoms with Crippen molar-refractivity contribution in [1.29, 1.82) is 0 Å². The standard InChI is InChI=1S/C27H54O2/c1-5-8-10-12-14-15-16-17-19-21-23-25-29-26(28)27(4,7-3)24-22-20-18-13-11-9-6-2/h5-25H2,1-4H3. The van der Waals surface area contributed by atoms with Crippen molar-refractivity contribution < 1.29 is 9.53 Å². The van der Waals surface area contributed by atoms with Crippen LogP contribution < -0.4 is 0 Å². The maximum Gasteiger partial charge on any atom is 0.311 e. The second-order valence-corrected chi connectivity index (χ2v) is 9.46. The molecule has 0 aromatic heterocycles. The minimum Gasteiger partial charge on any atom is -0.465 e. The highest BCUT2D eigenvalue weighted by Gasteiger charge is 2.32. The molecule has 0 heterocycles. The molecule has 0 aliphatic heterocycles. The van der Waals surface area contributed by atoms with E-state index in [0.29, 0.717) is 6.61 Å². The summed E-state index contributed by atoms with van der Waals surface area (Å²) in [6, 6.07) is 0. The Balaban J connectivity index is 3.63. The third-order valence-electron chi connectivity index (χ3n) is 6.59. The molecule has 0 spiro atoms. The van der Waals surface area contributed by atoms with Crippen LogP contribution in [0, 0.1) is 5.41 Å². The Kier molecular flexibility index (Phi) is 20.4. The van der Waals surface area contributed by atoms with Gasteiger partial charge in [0.2, 0.25) is 0 Å². The normalized spacial score (nSPS) is 13.4. The number of hydrogen-bond acceptors (Lipinski definition) is 2. The number of ether oxygens (including phenoxy) is 1. The first-order valence-electron chi connectivity index (χ1n) is 13.3. The zero-order valence-electron chi connectivity index (χ0n) is 20.7. The second-order valence-electron chi connectivity index (χ2n) is 9.46. The van der Waals surface area contributed by atoms with Crippen molar-refractivity contribution in [2.45, 2.75) is 156 Å². The maximum absolute atomic E-state index is 12.6.